The van der Waals surface area contributed by atoms with Gasteiger partial charge < -0.3 is 10.4 Å². The van der Waals surface area contributed by atoms with Crippen molar-refractivity contribution in [3.8, 4) is 0 Å². The van der Waals surface area contributed by atoms with E-state index >= 15 is 0 Å². The number of carbonyl (C=O) groups excluding carboxylic acids is 1. The molecule has 2 N–H and O–H groups in total. The lowest BCUT2D eigenvalue weighted by Crippen LogP contribution is -2.40. The summed E-state index contributed by atoms with van der Waals surface area (Å²) in [5.41, 5.74) is 2.84. The maximum absolute atomic E-state index is 12.0. The zero-order valence-electron chi connectivity index (χ0n) is 12.6. The fraction of sp³-hybridized carbons (Fsp3) is 0.562. The number of amides is 1. The fourth-order valence-electron chi connectivity index (χ4n) is 2.81. The van der Waals surface area contributed by atoms with Gasteiger partial charge in [-0.3, -0.25) is 9.69 Å². The Morgan fingerprint density at radius 2 is 2.05 bits per heavy atom. The van der Waals surface area contributed by atoms with Gasteiger partial charge in [0.1, 0.15) is 0 Å². The van der Waals surface area contributed by atoms with Gasteiger partial charge in [0.25, 0.3) is 0 Å². The molecule has 1 aliphatic carbocycles. The third-order valence-electron chi connectivity index (χ3n) is 3.45. The number of aryl methyl sites for hydroxylation is 2. The highest BCUT2D eigenvalue weighted by Crippen LogP contribution is 2.24. The highest BCUT2D eigenvalue weighted by Gasteiger charge is 2.18. The van der Waals surface area contributed by atoms with E-state index in [0.717, 1.165) is 18.5 Å². The molecule has 0 radical (unpaired) electrons. The number of rotatable bonds is 5. The first-order valence-corrected chi connectivity index (χ1v) is 7.16. The third-order valence-corrected chi connectivity index (χ3v) is 3.45. The number of hydrogen-bond donors (Lipinski definition) is 2. The average molecular weight is 276 g/mol. The van der Waals surface area contributed by atoms with Gasteiger partial charge in [-0.15, -0.1) is 0 Å². The van der Waals surface area contributed by atoms with Gasteiger partial charge in [0.15, 0.2) is 0 Å². The SMILES string of the molecule is CN(CC(=O)Nc1ccc2c(c1)CCC2)CC(C)(C)O. The molecule has 1 amide bonds. The summed E-state index contributed by atoms with van der Waals surface area (Å²) in [6, 6.07) is 6.16. The molecule has 0 heterocycles. The molecule has 0 saturated heterocycles. The van der Waals surface area contributed by atoms with Crippen LogP contribution in [0.5, 0.6) is 0 Å². The highest BCUT2D eigenvalue weighted by molar-refractivity contribution is 5.92. The first-order valence-electron chi connectivity index (χ1n) is 7.16. The van der Waals surface area contributed by atoms with Gasteiger partial charge in [0, 0.05) is 12.2 Å². The van der Waals surface area contributed by atoms with E-state index in [9.17, 15) is 9.90 Å². The zero-order chi connectivity index (χ0) is 14.8. The Morgan fingerprint density at radius 1 is 1.35 bits per heavy atom. The minimum atomic E-state index is -0.789. The monoisotopic (exact) mass is 276 g/mol. The van der Waals surface area contributed by atoms with Crippen LogP contribution < -0.4 is 5.32 Å². The molecule has 1 aliphatic rings. The molecule has 4 heteroatoms. The van der Waals surface area contributed by atoms with E-state index in [1.807, 2.05) is 18.0 Å². The summed E-state index contributed by atoms with van der Waals surface area (Å²) in [5, 5.41) is 12.6. The Kier molecular flexibility index (Phi) is 4.45. The van der Waals surface area contributed by atoms with Crippen molar-refractivity contribution in [3.05, 3.63) is 29.3 Å². The molecule has 110 valence electrons. The Hall–Kier alpha value is -1.39. The molecule has 0 spiro atoms. The van der Waals surface area contributed by atoms with Gasteiger partial charge in [-0.25, -0.2) is 0 Å². The summed E-state index contributed by atoms with van der Waals surface area (Å²) >= 11 is 0. The van der Waals surface area contributed by atoms with Gasteiger partial charge in [-0.05, 0) is 63.4 Å². The molecule has 0 fully saturated rings. The minimum absolute atomic E-state index is 0.0466. The van der Waals surface area contributed by atoms with Crippen LogP contribution in [0.1, 0.15) is 31.4 Å². The lowest BCUT2D eigenvalue weighted by Gasteiger charge is -2.24. The van der Waals surface area contributed by atoms with E-state index in [-0.39, 0.29) is 12.5 Å². The van der Waals surface area contributed by atoms with Crippen molar-refractivity contribution in [2.45, 2.75) is 38.7 Å². The molecule has 0 bridgehead atoms. The quantitative estimate of drug-likeness (QED) is 0.862. The van der Waals surface area contributed by atoms with Crippen LogP contribution in [0, 0.1) is 0 Å². The molecule has 0 aliphatic heterocycles. The summed E-state index contributed by atoms with van der Waals surface area (Å²) < 4.78 is 0. The van der Waals surface area contributed by atoms with Crippen molar-refractivity contribution >= 4 is 11.6 Å². The average Bonchev–Trinajstić information content (AvgIpc) is 2.72. The fourth-order valence-corrected chi connectivity index (χ4v) is 2.81. The normalized spacial score (nSPS) is 14.4. The molecule has 20 heavy (non-hydrogen) atoms. The van der Waals surface area contributed by atoms with Crippen LogP contribution in [0.4, 0.5) is 5.69 Å². The van der Waals surface area contributed by atoms with Gasteiger partial charge >= 0.3 is 0 Å². The Balaban J connectivity index is 1.88. The molecule has 1 aromatic carbocycles. The van der Waals surface area contributed by atoms with Crippen molar-refractivity contribution in [1.29, 1.82) is 0 Å². The highest BCUT2D eigenvalue weighted by atomic mass is 16.3. The van der Waals surface area contributed by atoms with Crippen LogP contribution in [-0.2, 0) is 17.6 Å². The molecule has 4 nitrogen and oxygen atoms in total. The molecule has 0 unspecified atom stereocenters. The van der Waals surface area contributed by atoms with Crippen LogP contribution in [-0.4, -0.2) is 41.7 Å². The molecule has 2 rings (SSSR count). The maximum Gasteiger partial charge on any atom is 0.238 e. The molecule has 1 aromatic rings. The Labute approximate surface area is 120 Å². The first kappa shape index (κ1) is 15.0. The summed E-state index contributed by atoms with van der Waals surface area (Å²) in [4.78, 5) is 13.8. The number of benzene rings is 1. The molecular weight excluding hydrogens is 252 g/mol. The predicted molar refractivity (Wildman–Crippen MR) is 80.9 cm³/mol. The van der Waals surface area contributed by atoms with Gasteiger partial charge in [-0.1, -0.05) is 6.07 Å². The lowest BCUT2D eigenvalue weighted by atomic mass is 10.1. The Bertz CT molecular complexity index is 492. The third kappa shape index (κ3) is 4.32. The van der Waals surface area contributed by atoms with E-state index in [1.54, 1.807) is 13.8 Å². The van der Waals surface area contributed by atoms with Crippen molar-refractivity contribution < 1.29 is 9.90 Å². The number of hydrogen-bond acceptors (Lipinski definition) is 3. The number of fused-ring (bicyclic) bond motifs is 1. The van der Waals surface area contributed by atoms with Crippen LogP contribution in [0.2, 0.25) is 0 Å². The van der Waals surface area contributed by atoms with Crippen LogP contribution in [0.25, 0.3) is 0 Å². The summed E-state index contributed by atoms with van der Waals surface area (Å²) in [6.45, 7) is 4.22. The summed E-state index contributed by atoms with van der Waals surface area (Å²) in [5.74, 6) is -0.0466. The largest absolute Gasteiger partial charge is 0.389 e. The number of carbonyl (C=O) groups is 1. The zero-order valence-corrected chi connectivity index (χ0v) is 12.6. The minimum Gasteiger partial charge on any atom is -0.389 e. The standard InChI is InChI=1S/C16H24N2O2/c1-16(2,20)11-18(3)10-15(19)17-14-8-7-12-5-4-6-13(12)9-14/h7-9,20H,4-6,10-11H2,1-3H3,(H,17,19). The number of likely N-dealkylation sites (N-methyl/N-ethyl adjacent to an activating group) is 1. The number of anilines is 1. The second-order valence-electron chi connectivity index (χ2n) is 6.37. The van der Waals surface area contributed by atoms with E-state index in [0.29, 0.717) is 6.54 Å². The molecule has 0 aromatic heterocycles. The smallest absolute Gasteiger partial charge is 0.238 e. The molecular formula is C16H24N2O2. The summed E-state index contributed by atoms with van der Waals surface area (Å²) in [7, 11) is 1.83. The van der Waals surface area contributed by atoms with E-state index in [4.69, 9.17) is 0 Å². The van der Waals surface area contributed by atoms with Gasteiger partial charge in [0.05, 0.1) is 12.1 Å². The lowest BCUT2D eigenvalue weighted by molar-refractivity contribution is -0.117. The van der Waals surface area contributed by atoms with Crippen molar-refractivity contribution in [1.82, 2.24) is 4.90 Å². The number of nitrogens with one attached hydrogen (secondary N) is 1. The van der Waals surface area contributed by atoms with Crippen molar-refractivity contribution in [2.75, 3.05) is 25.5 Å². The number of nitrogens with zero attached hydrogens (tertiary/aromatic N) is 1. The second-order valence-corrected chi connectivity index (χ2v) is 6.37. The van der Waals surface area contributed by atoms with Crippen LogP contribution in [0.15, 0.2) is 18.2 Å². The van der Waals surface area contributed by atoms with Crippen LogP contribution in [0.3, 0.4) is 0 Å². The second kappa shape index (κ2) is 5.94. The van der Waals surface area contributed by atoms with E-state index < -0.39 is 5.60 Å². The summed E-state index contributed by atoms with van der Waals surface area (Å²) in [6.07, 6.45) is 3.47. The predicted octanol–water partition coefficient (Wildman–Crippen LogP) is 1.82. The van der Waals surface area contributed by atoms with Crippen LogP contribution >= 0.6 is 0 Å². The van der Waals surface area contributed by atoms with Crippen molar-refractivity contribution in [2.24, 2.45) is 0 Å². The van der Waals surface area contributed by atoms with E-state index in [1.165, 1.54) is 17.5 Å². The van der Waals surface area contributed by atoms with Gasteiger partial charge in [0.2, 0.25) is 5.91 Å². The number of aliphatic hydroxyl groups is 1. The topological polar surface area (TPSA) is 52.6 Å². The first-order chi connectivity index (χ1) is 9.33. The molecule has 0 atom stereocenters. The van der Waals surface area contributed by atoms with Crippen molar-refractivity contribution in [3.63, 3.8) is 0 Å². The maximum atomic E-state index is 12.0. The van der Waals surface area contributed by atoms with Gasteiger partial charge in [-0.2, -0.15) is 0 Å². The molecule has 0 saturated carbocycles. The van der Waals surface area contributed by atoms with E-state index in [2.05, 4.69) is 17.4 Å². The Morgan fingerprint density at radius 3 is 2.75 bits per heavy atom.